The van der Waals surface area contributed by atoms with E-state index in [1.807, 2.05) is 32.1 Å². The molecule has 116 valence electrons. The number of rotatable bonds is 4. The minimum Gasteiger partial charge on any atom is -0.356 e. The Morgan fingerprint density at radius 2 is 2.18 bits per heavy atom. The molecule has 1 aliphatic rings. The van der Waals surface area contributed by atoms with Gasteiger partial charge in [-0.15, -0.1) is 0 Å². The van der Waals surface area contributed by atoms with Crippen LogP contribution in [0.5, 0.6) is 0 Å². The number of benzene rings is 1. The second-order valence-corrected chi connectivity index (χ2v) is 7.19. The molecular weight excluding hydrogens is 300 g/mol. The van der Waals surface area contributed by atoms with Crippen LogP contribution in [0, 0.1) is 6.92 Å². The molecule has 0 saturated heterocycles. The lowest BCUT2D eigenvalue weighted by atomic mass is 10.1. The first-order valence-electron chi connectivity index (χ1n) is 7.24. The molecular formula is C16H18N2O3S. The summed E-state index contributed by atoms with van der Waals surface area (Å²) >= 11 is 0. The average molecular weight is 318 g/mol. The Hall–Kier alpha value is -1.92. The lowest BCUT2D eigenvalue weighted by Gasteiger charge is -2.24. The Kier molecular flexibility index (Phi) is 3.88. The van der Waals surface area contributed by atoms with Crippen molar-refractivity contribution in [2.24, 2.45) is 0 Å². The zero-order valence-electron chi connectivity index (χ0n) is 12.6. The molecule has 0 spiro atoms. The molecule has 0 saturated carbocycles. The highest BCUT2D eigenvalue weighted by Gasteiger charge is 2.32. The van der Waals surface area contributed by atoms with Gasteiger partial charge in [-0.25, -0.2) is 8.42 Å². The Bertz CT molecular complexity index is 795. The van der Waals surface area contributed by atoms with Crippen LogP contribution in [-0.4, -0.2) is 30.5 Å². The van der Waals surface area contributed by atoms with Crippen LogP contribution < -0.4 is 0 Å². The molecule has 2 aromatic rings. The van der Waals surface area contributed by atoms with Gasteiger partial charge in [-0.05, 0) is 25.0 Å². The summed E-state index contributed by atoms with van der Waals surface area (Å²) < 4.78 is 32.6. The summed E-state index contributed by atoms with van der Waals surface area (Å²) in [5.74, 6) is 0.558. The van der Waals surface area contributed by atoms with Gasteiger partial charge in [0.1, 0.15) is 0 Å². The van der Waals surface area contributed by atoms with E-state index in [9.17, 15) is 8.42 Å². The number of hydrogen-bond donors (Lipinski definition) is 0. The van der Waals surface area contributed by atoms with E-state index in [1.165, 1.54) is 0 Å². The number of aryl methyl sites for hydroxylation is 1. The SMILES string of the molecule is CCC1C=CCN1S(=O)(=O)c1cc(-c2ccno2)ccc1C. The molecule has 6 heteroatoms. The molecule has 0 radical (unpaired) electrons. The monoisotopic (exact) mass is 318 g/mol. The van der Waals surface area contributed by atoms with Crippen molar-refractivity contribution < 1.29 is 12.9 Å². The Labute approximate surface area is 130 Å². The van der Waals surface area contributed by atoms with Gasteiger partial charge in [-0.2, -0.15) is 4.31 Å². The second kappa shape index (κ2) is 5.70. The van der Waals surface area contributed by atoms with Crippen LogP contribution >= 0.6 is 0 Å². The van der Waals surface area contributed by atoms with E-state index in [1.54, 1.807) is 28.7 Å². The number of aromatic nitrogens is 1. The highest BCUT2D eigenvalue weighted by atomic mass is 32.2. The van der Waals surface area contributed by atoms with Crippen LogP contribution in [0.1, 0.15) is 18.9 Å². The molecule has 0 N–H and O–H groups in total. The summed E-state index contributed by atoms with van der Waals surface area (Å²) in [7, 11) is -3.54. The van der Waals surface area contributed by atoms with Crippen LogP contribution in [0.25, 0.3) is 11.3 Å². The fourth-order valence-corrected chi connectivity index (χ4v) is 4.55. The topological polar surface area (TPSA) is 63.4 Å². The summed E-state index contributed by atoms with van der Waals surface area (Å²) in [4.78, 5) is 0.323. The van der Waals surface area contributed by atoms with Gasteiger partial charge in [0, 0.05) is 24.2 Å². The minimum absolute atomic E-state index is 0.0710. The molecule has 0 fully saturated rings. The van der Waals surface area contributed by atoms with Crippen molar-refractivity contribution >= 4 is 10.0 Å². The summed E-state index contributed by atoms with van der Waals surface area (Å²) in [6.45, 7) is 4.22. The molecule has 3 rings (SSSR count). The highest BCUT2D eigenvalue weighted by molar-refractivity contribution is 7.89. The smallest absolute Gasteiger partial charge is 0.244 e. The van der Waals surface area contributed by atoms with Gasteiger partial charge in [0.05, 0.1) is 11.1 Å². The maximum atomic E-state index is 13.0. The van der Waals surface area contributed by atoms with E-state index in [-0.39, 0.29) is 6.04 Å². The predicted molar refractivity (Wildman–Crippen MR) is 83.8 cm³/mol. The van der Waals surface area contributed by atoms with Crippen LogP contribution in [0.15, 0.2) is 52.0 Å². The lowest BCUT2D eigenvalue weighted by molar-refractivity contribution is 0.402. The van der Waals surface area contributed by atoms with Gasteiger partial charge in [-0.3, -0.25) is 0 Å². The van der Waals surface area contributed by atoms with E-state index in [0.29, 0.717) is 22.8 Å². The summed E-state index contributed by atoms with van der Waals surface area (Å²) in [6, 6.07) is 6.95. The standard InChI is InChI=1S/C16H18N2O3S/c1-3-14-5-4-10-18(14)22(19,20)16-11-13(7-6-12(16)2)15-8-9-17-21-15/h4-9,11,14H,3,10H2,1-2H3. The van der Waals surface area contributed by atoms with Crippen molar-refractivity contribution in [1.82, 2.24) is 9.46 Å². The van der Waals surface area contributed by atoms with Gasteiger partial charge >= 0.3 is 0 Å². The van der Waals surface area contributed by atoms with Gasteiger partial charge in [-0.1, -0.05) is 36.4 Å². The van der Waals surface area contributed by atoms with Crippen molar-refractivity contribution in [3.8, 4) is 11.3 Å². The molecule has 1 aromatic carbocycles. The molecule has 1 atom stereocenters. The molecule has 5 nitrogen and oxygen atoms in total. The summed E-state index contributed by atoms with van der Waals surface area (Å²) in [5.41, 5.74) is 1.44. The number of sulfonamides is 1. The predicted octanol–water partition coefficient (Wildman–Crippen LogP) is 2.99. The zero-order chi connectivity index (χ0) is 15.7. The fourth-order valence-electron chi connectivity index (χ4n) is 2.69. The molecule has 2 heterocycles. The first-order valence-corrected chi connectivity index (χ1v) is 8.68. The molecule has 0 amide bonds. The third kappa shape index (κ3) is 2.48. The minimum atomic E-state index is -3.54. The van der Waals surface area contributed by atoms with Crippen molar-refractivity contribution in [2.75, 3.05) is 6.54 Å². The van der Waals surface area contributed by atoms with Crippen molar-refractivity contribution in [1.29, 1.82) is 0 Å². The third-order valence-corrected chi connectivity index (χ3v) is 5.96. The normalized spacial score (nSPS) is 18.9. The third-order valence-electron chi connectivity index (χ3n) is 3.93. The molecule has 1 aliphatic heterocycles. The van der Waals surface area contributed by atoms with Gasteiger partial charge < -0.3 is 4.52 Å². The van der Waals surface area contributed by atoms with Crippen LogP contribution in [0.2, 0.25) is 0 Å². The molecule has 1 unspecified atom stereocenters. The van der Waals surface area contributed by atoms with Crippen molar-refractivity contribution in [2.45, 2.75) is 31.2 Å². The maximum absolute atomic E-state index is 13.0. The van der Waals surface area contributed by atoms with Gasteiger partial charge in [0.15, 0.2) is 5.76 Å². The molecule has 0 bridgehead atoms. The largest absolute Gasteiger partial charge is 0.356 e. The van der Waals surface area contributed by atoms with E-state index in [4.69, 9.17) is 4.52 Å². The molecule has 22 heavy (non-hydrogen) atoms. The Morgan fingerprint density at radius 3 is 2.86 bits per heavy atom. The van der Waals surface area contributed by atoms with Crippen LogP contribution in [0.3, 0.4) is 0 Å². The first-order chi connectivity index (χ1) is 10.5. The second-order valence-electron chi connectivity index (χ2n) is 5.34. The highest BCUT2D eigenvalue weighted by Crippen LogP contribution is 2.29. The van der Waals surface area contributed by atoms with Gasteiger partial charge in [0.2, 0.25) is 10.0 Å². The first kappa shape index (κ1) is 15.0. The van der Waals surface area contributed by atoms with E-state index < -0.39 is 10.0 Å². The Morgan fingerprint density at radius 1 is 1.36 bits per heavy atom. The quantitative estimate of drug-likeness (QED) is 0.813. The molecule has 0 aliphatic carbocycles. The van der Waals surface area contributed by atoms with Crippen LogP contribution in [0.4, 0.5) is 0 Å². The summed E-state index contributed by atoms with van der Waals surface area (Å²) in [6.07, 6.45) is 6.16. The van der Waals surface area contributed by atoms with Crippen molar-refractivity contribution in [3.63, 3.8) is 0 Å². The van der Waals surface area contributed by atoms with E-state index >= 15 is 0 Å². The maximum Gasteiger partial charge on any atom is 0.244 e. The average Bonchev–Trinajstić information content (AvgIpc) is 3.18. The van der Waals surface area contributed by atoms with Gasteiger partial charge in [0.25, 0.3) is 0 Å². The van der Waals surface area contributed by atoms with E-state index in [2.05, 4.69) is 5.16 Å². The van der Waals surface area contributed by atoms with Crippen LogP contribution in [-0.2, 0) is 10.0 Å². The number of hydrogen-bond acceptors (Lipinski definition) is 4. The lowest BCUT2D eigenvalue weighted by Crippen LogP contribution is -2.36. The summed E-state index contributed by atoms with van der Waals surface area (Å²) in [5, 5.41) is 3.67. The van der Waals surface area contributed by atoms with E-state index in [0.717, 1.165) is 12.0 Å². The number of nitrogens with zero attached hydrogens (tertiary/aromatic N) is 2. The Balaban J connectivity index is 2.05. The fraction of sp³-hybridized carbons (Fsp3) is 0.312. The van der Waals surface area contributed by atoms with Crippen molar-refractivity contribution in [3.05, 3.63) is 48.2 Å². The molecule has 1 aromatic heterocycles. The zero-order valence-corrected chi connectivity index (χ0v) is 13.4.